The van der Waals surface area contributed by atoms with Crippen LogP contribution in [0.4, 0.5) is 5.69 Å². The van der Waals surface area contributed by atoms with Crippen LogP contribution in [0.15, 0.2) is 41.3 Å². The van der Waals surface area contributed by atoms with Gasteiger partial charge in [0.1, 0.15) is 5.76 Å². The van der Waals surface area contributed by atoms with Gasteiger partial charge >= 0.3 is 0 Å². The summed E-state index contributed by atoms with van der Waals surface area (Å²) in [4.78, 5) is 6.01. The Balaban J connectivity index is 2.17. The highest BCUT2D eigenvalue weighted by atomic mass is 16.3. The monoisotopic (exact) mass is 218 g/mol. The molecule has 16 heavy (non-hydrogen) atoms. The molecular formula is C12H14N2O2. The summed E-state index contributed by atoms with van der Waals surface area (Å²) in [6.45, 7) is 0.662. The zero-order valence-corrected chi connectivity index (χ0v) is 9.13. The second-order valence-electron chi connectivity index (χ2n) is 3.60. The Morgan fingerprint density at radius 2 is 2.31 bits per heavy atom. The number of hydrogen-bond acceptors (Lipinski definition) is 4. The fourth-order valence-electron chi connectivity index (χ4n) is 1.64. The second kappa shape index (κ2) is 4.81. The molecule has 0 aliphatic carbocycles. The number of rotatable bonds is 4. The number of anilines is 1. The molecule has 4 nitrogen and oxygen atoms in total. The summed E-state index contributed by atoms with van der Waals surface area (Å²) in [7, 11) is 1.96. The first-order chi connectivity index (χ1) is 7.81. The SMILES string of the molecule is CN(Cc1ccco1)c1ccncc1CO. The van der Waals surface area contributed by atoms with Crippen LogP contribution in [0.1, 0.15) is 11.3 Å². The van der Waals surface area contributed by atoms with Gasteiger partial charge in [-0.15, -0.1) is 0 Å². The lowest BCUT2D eigenvalue weighted by Gasteiger charge is -2.20. The smallest absolute Gasteiger partial charge is 0.123 e. The third-order valence-corrected chi connectivity index (χ3v) is 2.43. The van der Waals surface area contributed by atoms with Gasteiger partial charge in [0.25, 0.3) is 0 Å². The van der Waals surface area contributed by atoms with Crippen molar-refractivity contribution >= 4 is 5.69 Å². The average Bonchev–Trinajstić information content (AvgIpc) is 2.81. The molecule has 0 aliphatic heterocycles. The average molecular weight is 218 g/mol. The minimum atomic E-state index is -0.00827. The van der Waals surface area contributed by atoms with Crippen molar-refractivity contribution in [1.29, 1.82) is 0 Å². The Morgan fingerprint density at radius 3 is 3.00 bits per heavy atom. The van der Waals surface area contributed by atoms with Crippen LogP contribution in [0.3, 0.4) is 0 Å². The van der Waals surface area contributed by atoms with E-state index < -0.39 is 0 Å². The normalized spacial score (nSPS) is 10.4. The molecule has 0 saturated carbocycles. The van der Waals surface area contributed by atoms with Crippen molar-refractivity contribution in [1.82, 2.24) is 4.98 Å². The molecule has 0 fully saturated rings. The zero-order valence-electron chi connectivity index (χ0n) is 9.13. The van der Waals surface area contributed by atoms with E-state index in [1.165, 1.54) is 0 Å². The lowest BCUT2D eigenvalue weighted by Crippen LogP contribution is -2.17. The van der Waals surface area contributed by atoms with E-state index in [2.05, 4.69) is 4.98 Å². The molecule has 1 N–H and O–H groups in total. The molecule has 0 saturated heterocycles. The van der Waals surface area contributed by atoms with Crippen molar-refractivity contribution in [2.75, 3.05) is 11.9 Å². The van der Waals surface area contributed by atoms with Crippen molar-refractivity contribution in [3.8, 4) is 0 Å². The van der Waals surface area contributed by atoms with Crippen LogP contribution in [0, 0.1) is 0 Å². The topological polar surface area (TPSA) is 49.5 Å². The van der Waals surface area contributed by atoms with Crippen molar-refractivity contribution in [2.24, 2.45) is 0 Å². The van der Waals surface area contributed by atoms with Crippen LogP contribution in [-0.4, -0.2) is 17.1 Å². The molecule has 2 rings (SSSR count). The number of aliphatic hydroxyl groups excluding tert-OH is 1. The van der Waals surface area contributed by atoms with Crippen molar-refractivity contribution in [2.45, 2.75) is 13.2 Å². The first kappa shape index (κ1) is 10.7. The van der Waals surface area contributed by atoms with Crippen LogP contribution in [0.5, 0.6) is 0 Å². The van der Waals surface area contributed by atoms with Crippen LogP contribution in [0.2, 0.25) is 0 Å². The predicted molar refractivity (Wildman–Crippen MR) is 61.0 cm³/mol. The summed E-state index contributed by atoms with van der Waals surface area (Å²) < 4.78 is 5.28. The van der Waals surface area contributed by atoms with E-state index in [0.717, 1.165) is 17.0 Å². The Kier molecular flexibility index (Phi) is 3.22. The number of nitrogens with zero attached hydrogens (tertiary/aromatic N) is 2. The van der Waals surface area contributed by atoms with Crippen LogP contribution >= 0.6 is 0 Å². The van der Waals surface area contributed by atoms with Gasteiger partial charge in [0, 0.05) is 30.7 Å². The van der Waals surface area contributed by atoms with Gasteiger partial charge in [-0.05, 0) is 18.2 Å². The molecule has 0 atom stereocenters. The van der Waals surface area contributed by atoms with E-state index in [-0.39, 0.29) is 6.61 Å². The maximum Gasteiger partial charge on any atom is 0.123 e. The van der Waals surface area contributed by atoms with Gasteiger partial charge in [-0.25, -0.2) is 0 Å². The van der Waals surface area contributed by atoms with Crippen molar-refractivity contribution in [3.05, 3.63) is 48.2 Å². The van der Waals surface area contributed by atoms with Gasteiger partial charge in [-0.3, -0.25) is 4.98 Å². The van der Waals surface area contributed by atoms with Gasteiger partial charge in [0.05, 0.1) is 19.4 Å². The lowest BCUT2D eigenvalue weighted by molar-refractivity contribution is 0.281. The summed E-state index contributed by atoms with van der Waals surface area (Å²) in [5.74, 6) is 0.892. The maximum absolute atomic E-state index is 9.20. The first-order valence-corrected chi connectivity index (χ1v) is 5.08. The fraction of sp³-hybridized carbons (Fsp3) is 0.250. The van der Waals surface area contributed by atoms with Crippen LogP contribution < -0.4 is 4.90 Å². The highest BCUT2D eigenvalue weighted by molar-refractivity contribution is 5.51. The highest BCUT2D eigenvalue weighted by Crippen LogP contribution is 2.19. The molecule has 0 unspecified atom stereocenters. The molecule has 2 aromatic rings. The van der Waals surface area contributed by atoms with E-state index in [4.69, 9.17) is 4.42 Å². The molecule has 0 radical (unpaired) electrons. The largest absolute Gasteiger partial charge is 0.467 e. The van der Waals surface area contributed by atoms with Gasteiger partial charge in [-0.2, -0.15) is 0 Å². The number of pyridine rings is 1. The standard InChI is InChI=1S/C12H14N2O2/c1-14(8-11-3-2-6-16-11)12-4-5-13-7-10(12)9-15/h2-7,15H,8-9H2,1H3. The fourth-order valence-corrected chi connectivity index (χ4v) is 1.64. The molecule has 0 bridgehead atoms. The first-order valence-electron chi connectivity index (χ1n) is 5.08. The van der Waals surface area contributed by atoms with E-state index in [0.29, 0.717) is 6.54 Å². The van der Waals surface area contributed by atoms with E-state index in [1.54, 1.807) is 18.7 Å². The summed E-state index contributed by atoms with van der Waals surface area (Å²) in [5.41, 5.74) is 1.78. The van der Waals surface area contributed by atoms with Gasteiger partial charge in [0.2, 0.25) is 0 Å². The summed E-state index contributed by atoms with van der Waals surface area (Å²) in [5, 5.41) is 9.20. The maximum atomic E-state index is 9.20. The summed E-state index contributed by atoms with van der Waals surface area (Å²) in [6.07, 6.45) is 5.05. The van der Waals surface area contributed by atoms with Gasteiger partial charge < -0.3 is 14.4 Å². The number of aromatic nitrogens is 1. The molecule has 0 amide bonds. The van der Waals surface area contributed by atoms with Crippen molar-refractivity contribution in [3.63, 3.8) is 0 Å². The van der Waals surface area contributed by atoms with E-state index >= 15 is 0 Å². The van der Waals surface area contributed by atoms with Crippen LogP contribution in [-0.2, 0) is 13.2 Å². The molecule has 4 heteroatoms. The quantitative estimate of drug-likeness (QED) is 0.850. The van der Waals surface area contributed by atoms with Gasteiger partial charge in [0.15, 0.2) is 0 Å². The van der Waals surface area contributed by atoms with Gasteiger partial charge in [-0.1, -0.05) is 0 Å². The third-order valence-electron chi connectivity index (χ3n) is 2.43. The highest BCUT2D eigenvalue weighted by Gasteiger charge is 2.08. The minimum absolute atomic E-state index is 0.00827. The van der Waals surface area contributed by atoms with Crippen LogP contribution in [0.25, 0.3) is 0 Å². The number of hydrogen-bond donors (Lipinski definition) is 1. The molecule has 84 valence electrons. The lowest BCUT2D eigenvalue weighted by atomic mass is 10.2. The summed E-state index contributed by atoms with van der Waals surface area (Å²) in [6, 6.07) is 5.67. The minimum Gasteiger partial charge on any atom is -0.467 e. The van der Waals surface area contributed by atoms with E-state index in [9.17, 15) is 5.11 Å². The Morgan fingerprint density at radius 1 is 1.44 bits per heavy atom. The number of furan rings is 1. The Hall–Kier alpha value is -1.81. The number of aliphatic hydroxyl groups is 1. The molecule has 0 aromatic carbocycles. The molecule has 2 aromatic heterocycles. The summed E-state index contributed by atoms with van der Waals surface area (Å²) >= 11 is 0. The second-order valence-corrected chi connectivity index (χ2v) is 3.60. The molecule has 2 heterocycles. The molecular weight excluding hydrogens is 204 g/mol. The van der Waals surface area contributed by atoms with E-state index in [1.807, 2.05) is 30.1 Å². The third kappa shape index (κ3) is 2.23. The molecule has 0 aliphatic rings. The Bertz CT molecular complexity index is 440. The molecule has 0 spiro atoms. The Labute approximate surface area is 94.2 Å². The predicted octanol–water partition coefficient (Wildman–Crippen LogP) is 1.80. The zero-order chi connectivity index (χ0) is 11.4. The van der Waals surface area contributed by atoms with Crippen molar-refractivity contribution < 1.29 is 9.52 Å².